The zero-order chi connectivity index (χ0) is 5.70. The molecule has 0 saturated heterocycles. The molecule has 0 amide bonds. The third kappa shape index (κ3) is 6.47. The average Bonchev–Trinajstić information content (AvgIpc) is 1.61. The summed E-state index contributed by atoms with van der Waals surface area (Å²) >= 11 is 4.05. The monoisotopic (exact) mass is 145 g/mol. The van der Waals surface area contributed by atoms with Gasteiger partial charge in [-0.05, 0) is 0 Å². The molecule has 0 bridgehead atoms. The van der Waals surface area contributed by atoms with Crippen molar-refractivity contribution in [1.29, 1.82) is 0 Å². The van der Waals surface area contributed by atoms with Crippen LogP contribution in [0.1, 0.15) is 26.2 Å². The number of hydrogen-bond acceptors (Lipinski definition) is 1. The van der Waals surface area contributed by atoms with Crippen LogP contribution in [0, 0.1) is 0 Å². The molecule has 0 aromatic rings. The predicted molar refractivity (Wildman–Crippen MR) is 27.5 cm³/mol. The van der Waals surface area contributed by atoms with E-state index in [1.54, 1.807) is 0 Å². The van der Waals surface area contributed by atoms with Crippen molar-refractivity contribution < 1.29 is 15.7 Å². The summed E-state index contributed by atoms with van der Waals surface area (Å²) in [6, 6.07) is 0. The van der Waals surface area contributed by atoms with E-state index in [9.17, 15) is 0 Å². The van der Waals surface area contributed by atoms with Gasteiger partial charge in [-0.1, -0.05) is 0 Å². The van der Waals surface area contributed by atoms with Gasteiger partial charge in [0.25, 0.3) is 0 Å². The standard InChI is InChI=1S/C5H12N.Co/c1-2-3-4-5-6;/h5H,2-4,6H2,1H3;. The predicted octanol–water partition coefficient (Wildman–Crippen LogP) is 1.01. The van der Waals surface area contributed by atoms with Crippen molar-refractivity contribution in [3.05, 3.63) is 0 Å². The summed E-state index contributed by atoms with van der Waals surface area (Å²) in [7, 11) is 0. The van der Waals surface area contributed by atoms with Crippen LogP contribution >= 0.6 is 0 Å². The van der Waals surface area contributed by atoms with Crippen LogP contribution in [0.15, 0.2) is 0 Å². The fraction of sp³-hybridized carbons (Fsp3) is 1.00. The molecule has 0 aliphatic carbocycles. The van der Waals surface area contributed by atoms with Gasteiger partial charge >= 0.3 is 52.6 Å². The van der Waals surface area contributed by atoms with E-state index in [0.717, 1.165) is 6.42 Å². The Kier molecular flexibility index (Phi) is 4.93. The zero-order valence-corrected chi connectivity index (χ0v) is 5.65. The summed E-state index contributed by atoms with van der Waals surface area (Å²) in [4.78, 5) is 0.0902. The quantitative estimate of drug-likeness (QED) is 0.630. The minimum atomic E-state index is 0.0902. The first kappa shape index (κ1) is 7.47. The molecule has 46 valence electrons. The Morgan fingerprint density at radius 3 is 2.43 bits per heavy atom. The summed E-state index contributed by atoms with van der Waals surface area (Å²) in [5.74, 6) is 0. The van der Waals surface area contributed by atoms with Crippen molar-refractivity contribution in [3.63, 3.8) is 0 Å². The van der Waals surface area contributed by atoms with E-state index < -0.39 is 0 Å². The SMILES string of the molecule is CCCC[CH](N)[Co]. The van der Waals surface area contributed by atoms with Crippen molar-refractivity contribution in [3.8, 4) is 0 Å². The molecule has 0 saturated carbocycles. The van der Waals surface area contributed by atoms with E-state index in [4.69, 9.17) is 5.73 Å². The number of nitrogens with two attached hydrogens (primary N) is 1. The average molecular weight is 145 g/mol. The molecule has 1 unspecified atom stereocenters. The van der Waals surface area contributed by atoms with Gasteiger partial charge in [-0.15, -0.1) is 0 Å². The van der Waals surface area contributed by atoms with Crippen molar-refractivity contribution in [2.75, 3.05) is 0 Å². The first-order chi connectivity index (χ1) is 3.27. The van der Waals surface area contributed by atoms with Crippen molar-refractivity contribution in [1.82, 2.24) is 0 Å². The van der Waals surface area contributed by atoms with Gasteiger partial charge in [0.1, 0.15) is 0 Å². The number of hydrogen-bond donors (Lipinski definition) is 1. The van der Waals surface area contributed by atoms with Gasteiger partial charge in [-0.2, -0.15) is 0 Å². The summed E-state index contributed by atoms with van der Waals surface area (Å²) in [6.07, 6.45) is 3.45. The van der Waals surface area contributed by atoms with Gasteiger partial charge in [0, 0.05) is 0 Å². The minimum absolute atomic E-state index is 0.0902. The molecule has 1 nitrogen and oxygen atoms in total. The van der Waals surface area contributed by atoms with Crippen LogP contribution in [0.5, 0.6) is 0 Å². The Bertz CT molecular complexity index is 37.1. The van der Waals surface area contributed by atoms with Gasteiger partial charge in [-0.3, -0.25) is 0 Å². The Morgan fingerprint density at radius 2 is 2.29 bits per heavy atom. The van der Waals surface area contributed by atoms with Gasteiger partial charge in [0.15, 0.2) is 0 Å². The summed E-state index contributed by atoms with van der Waals surface area (Å²) < 4.78 is 0. The summed E-state index contributed by atoms with van der Waals surface area (Å²) in [5.41, 5.74) is 5.34. The molecule has 7 heavy (non-hydrogen) atoms. The van der Waals surface area contributed by atoms with Gasteiger partial charge in [0.05, 0.1) is 0 Å². The molecule has 0 aromatic carbocycles. The van der Waals surface area contributed by atoms with Crippen molar-refractivity contribution in [2.24, 2.45) is 5.73 Å². The Balaban J connectivity index is 2.68. The van der Waals surface area contributed by atoms with E-state index in [-0.39, 0.29) is 4.98 Å². The molecule has 2 N–H and O–H groups in total. The Morgan fingerprint density at radius 1 is 1.71 bits per heavy atom. The number of unbranched alkanes of at least 4 members (excludes halogenated alkanes) is 1. The third-order valence-electron chi connectivity index (χ3n) is 0.821. The second kappa shape index (κ2) is 4.62. The number of rotatable bonds is 3. The van der Waals surface area contributed by atoms with Gasteiger partial charge in [-0.25, -0.2) is 0 Å². The first-order valence-corrected chi connectivity index (χ1v) is 3.24. The molecule has 0 aliphatic rings. The van der Waals surface area contributed by atoms with Crippen LogP contribution in [0.3, 0.4) is 0 Å². The van der Waals surface area contributed by atoms with Crippen LogP contribution in [0.4, 0.5) is 0 Å². The molecule has 0 heterocycles. The molecule has 0 aromatic heterocycles. The molecular weight excluding hydrogens is 133 g/mol. The first-order valence-electron chi connectivity index (χ1n) is 2.64. The molecule has 0 rings (SSSR count). The van der Waals surface area contributed by atoms with Crippen LogP contribution in [0.2, 0.25) is 0 Å². The summed E-state index contributed by atoms with van der Waals surface area (Å²) in [6.45, 7) is 2.15. The van der Waals surface area contributed by atoms with Crippen LogP contribution in [-0.2, 0) is 15.7 Å². The Hall–Kier alpha value is 0.466. The van der Waals surface area contributed by atoms with E-state index in [2.05, 4.69) is 22.7 Å². The van der Waals surface area contributed by atoms with E-state index in [1.807, 2.05) is 0 Å². The fourth-order valence-electron chi connectivity index (χ4n) is 0.390. The third-order valence-corrected chi connectivity index (χ3v) is 1.12. The molecular formula is C5H12CoN. The van der Waals surface area contributed by atoms with E-state index in [1.165, 1.54) is 12.8 Å². The normalized spacial score (nSPS) is 14.3. The van der Waals surface area contributed by atoms with Crippen molar-refractivity contribution >= 4 is 0 Å². The molecule has 0 radical (unpaired) electrons. The fourth-order valence-corrected chi connectivity index (χ4v) is 0.603. The second-order valence-electron chi connectivity index (χ2n) is 1.63. The molecule has 1 atom stereocenters. The molecule has 0 aliphatic heterocycles. The molecule has 2 heteroatoms. The summed E-state index contributed by atoms with van der Waals surface area (Å²) in [5, 5.41) is 0. The van der Waals surface area contributed by atoms with E-state index in [0.29, 0.717) is 0 Å². The molecule has 0 spiro atoms. The Labute approximate surface area is 53.2 Å². The topological polar surface area (TPSA) is 26.0 Å². The zero-order valence-electron chi connectivity index (χ0n) is 4.61. The maximum absolute atomic E-state index is 5.34. The second-order valence-corrected chi connectivity index (χ2v) is 2.40. The molecule has 0 fully saturated rings. The van der Waals surface area contributed by atoms with Gasteiger partial charge in [0.2, 0.25) is 0 Å². The van der Waals surface area contributed by atoms with E-state index >= 15 is 0 Å². The van der Waals surface area contributed by atoms with Crippen LogP contribution in [-0.4, -0.2) is 4.98 Å². The van der Waals surface area contributed by atoms with Crippen LogP contribution in [0.25, 0.3) is 0 Å². The van der Waals surface area contributed by atoms with Gasteiger partial charge < -0.3 is 0 Å². The van der Waals surface area contributed by atoms with Crippen molar-refractivity contribution in [2.45, 2.75) is 31.2 Å². The maximum atomic E-state index is 5.34. The van der Waals surface area contributed by atoms with Crippen LogP contribution < -0.4 is 5.73 Å².